The van der Waals surface area contributed by atoms with Crippen LogP contribution < -0.4 is 11.4 Å². The van der Waals surface area contributed by atoms with Crippen molar-refractivity contribution < 1.29 is 32.8 Å². The summed E-state index contributed by atoms with van der Waals surface area (Å²) < 4.78 is 37.8. The van der Waals surface area contributed by atoms with Gasteiger partial charge in [-0.2, -0.15) is 4.98 Å². The first-order valence-electron chi connectivity index (χ1n) is 5.94. The highest BCUT2D eigenvalue weighted by Gasteiger charge is 2.46. The molecule has 1 aliphatic heterocycles. The molecule has 1 fully saturated rings. The molecule has 0 saturated carbocycles. The minimum Gasteiger partial charge on any atom is -0.429 e. The molecule has 122 valence electrons. The van der Waals surface area contributed by atoms with Gasteiger partial charge in [-0.1, -0.05) is 6.92 Å². The van der Waals surface area contributed by atoms with Crippen LogP contribution in [0.4, 0.5) is 19.4 Å². The lowest BCUT2D eigenvalue weighted by atomic mass is 10.1. The number of nitrogen functional groups attached to an aromatic ring is 1. The van der Waals surface area contributed by atoms with Crippen molar-refractivity contribution >= 4 is 19.9 Å². The van der Waals surface area contributed by atoms with Gasteiger partial charge < -0.3 is 25.0 Å². The van der Waals surface area contributed by atoms with Crippen LogP contribution in [0, 0.1) is 11.7 Å². The van der Waals surface area contributed by atoms with Crippen LogP contribution in [-0.2, 0) is 9.47 Å². The van der Waals surface area contributed by atoms with Crippen LogP contribution in [0.1, 0.15) is 13.2 Å². The zero-order chi connectivity index (χ0) is 16.6. The van der Waals surface area contributed by atoms with Crippen LogP contribution >= 0.6 is 8.38 Å². The van der Waals surface area contributed by atoms with E-state index in [-0.39, 0.29) is 0 Å². The van der Waals surface area contributed by atoms with E-state index in [0.717, 1.165) is 0 Å². The second-order valence-corrected chi connectivity index (χ2v) is 5.48. The van der Waals surface area contributed by atoms with Gasteiger partial charge in [0.1, 0.15) is 0 Å². The molecule has 0 aromatic carbocycles. The quantitative estimate of drug-likeness (QED) is 0.666. The zero-order valence-electron chi connectivity index (χ0n) is 11.1. The lowest BCUT2D eigenvalue weighted by molar-refractivity contribution is -0.126. The standard InChI is InChI=1S/C10H12F2N3O6P/c1-3-5(12)7(20-8(3)21-10(17)22(18)19)15-2-4(11)6(13)14-9(15)16/h2-3,5,7-8,18-19H,1H3,(H2,13,14,16)/t3?,5-,7+,8+/m0/s1. The number of hydrogen-bond donors (Lipinski definition) is 3. The van der Waals surface area contributed by atoms with Crippen molar-refractivity contribution in [3.05, 3.63) is 22.5 Å². The van der Waals surface area contributed by atoms with Crippen molar-refractivity contribution in [2.75, 3.05) is 5.73 Å². The SMILES string of the molecule is CC1[C@@H](OC(=O)P(O)O)O[C@@H](n2cc(F)c(N)nc2=O)[C@H]1F. The molecule has 1 aromatic heterocycles. The Morgan fingerprint density at radius 1 is 1.59 bits per heavy atom. The van der Waals surface area contributed by atoms with Gasteiger partial charge in [-0.25, -0.2) is 18.4 Å². The van der Waals surface area contributed by atoms with Crippen molar-refractivity contribution in [3.8, 4) is 0 Å². The van der Waals surface area contributed by atoms with Gasteiger partial charge in [-0.3, -0.25) is 4.57 Å². The number of aromatic nitrogens is 2. The Labute approximate surface area is 123 Å². The van der Waals surface area contributed by atoms with E-state index >= 15 is 0 Å². The molecule has 22 heavy (non-hydrogen) atoms. The largest absolute Gasteiger partial charge is 0.429 e. The predicted molar refractivity (Wildman–Crippen MR) is 68.7 cm³/mol. The molecule has 4 atom stereocenters. The molecule has 1 aromatic rings. The van der Waals surface area contributed by atoms with E-state index < -0.39 is 56.0 Å². The smallest absolute Gasteiger partial charge is 0.385 e. The normalized spacial score (nSPS) is 28.1. The van der Waals surface area contributed by atoms with Crippen LogP contribution in [0.2, 0.25) is 0 Å². The van der Waals surface area contributed by atoms with Gasteiger partial charge in [0.15, 0.2) is 24.0 Å². The second kappa shape index (κ2) is 6.21. The first-order chi connectivity index (χ1) is 10.2. The molecule has 1 unspecified atom stereocenters. The van der Waals surface area contributed by atoms with Crippen molar-refractivity contribution in [1.82, 2.24) is 9.55 Å². The number of carbonyl (C=O) groups is 1. The molecule has 1 aliphatic rings. The van der Waals surface area contributed by atoms with Crippen molar-refractivity contribution in [2.24, 2.45) is 5.92 Å². The lowest BCUT2D eigenvalue weighted by Gasteiger charge is -2.16. The Bertz CT molecular complexity index is 642. The highest BCUT2D eigenvalue weighted by Crippen LogP contribution is 2.38. The van der Waals surface area contributed by atoms with Crippen molar-refractivity contribution in [1.29, 1.82) is 0 Å². The Balaban J connectivity index is 2.25. The summed E-state index contributed by atoms with van der Waals surface area (Å²) in [5.41, 5.74) is 2.69. The maximum Gasteiger partial charge on any atom is 0.385 e. The molecule has 9 nitrogen and oxygen atoms in total. The van der Waals surface area contributed by atoms with Gasteiger partial charge >= 0.3 is 11.4 Å². The van der Waals surface area contributed by atoms with Gasteiger partial charge in [0.25, 0.3) is 8.38 Å². The van der Waals surface area contributed by atoms with Gasteiger partial charge in [-0.05, 0) is 0 Å². The maximum atomic E-state index is 14.2. The molecule has 0 amide bonds. The van der Waals surface area contributed by atoms with Crippen molar-refractivity contribution in [3.63, 3.8) is 0 Å². The average molecular weight is 339 g/mol. The summed E-state index contributed by atoms with van der Waals surface area (Å²) in [5.74, 6) is -2.72. The van der Waals surface area contributed by atoms with Crippen LogP contribution in [-0.4, -0.2) is 37.5 Å². The second-order valence-electron chi connectivity index (χ2n) is 4.54. The number of alkyl halides is 1. The van der Waals surface area contributed by atoms with E-state index in [9.17, 15) is 18.4 Å². The number of halogens is 2. The Morgan fingerprint density at radius 3 is 2.82 bits per heavy atom. The third-order valence-corrected chi connectivity index (χ3v) is 3.50. The summed E-state index contributed by atoms with van der Waals surface area (Å²) in [5, 5.41) is 0. The van der Waals surface area contributed by atoms with E-state index in [4.69, 9.17) is 20.3 Å². The monoisotopic (exact) mass is 339 g/mol. The summed E-state index contributed by atoms with van der Waals surface area (Å²) in [7, 11) is -3.02. The number of ether oxygens (including phenoxy) is 2. The molecule has 1 saturated heterocycles. The number of nitrogens with zero attached hydrogens (tertiary/aromatic N) is 2. The van der Waals surface area contributed by atoms with Crippen LogP contribution in [0.25, 0.3) is 0 Å². The highest BCUT2D eigenvalue weighted by molar-refractivity contribution is 7.63. The maximum absolute atomic E-state index is 14.2. The Kier molecular flexibility index (Phi) is 4.71. The molecule has 4 N–H and O–H groups in total. The lowest BCUT2D eigenvalue weighted by Crippen LogP contribution is -2.32. The predicted octanol–water partition coefficient (Wildman–Crippen LogP) is 0.227. The molecule has 0 radical (unpaired) electrons. The average Bonchev–Trinajstić information content (AvgIpc) is 2.71. The molecular formula is C10H12F2N3O6P. The van der Waals surface area contributed by atoms with E-state index in [1.807, 2.05) is 0 Å². The minimum atomic E-state index is -3.02. The fourth-order valence-corrected chi connectivity index (χ4v) is 2.08. The van der Waals surface area contributed by atoms with Crippen LogP contribution in [0.5, 0.6) is 0 Å². The number of anilines is 1. The van der Waals surface area contributed by atoms with E-state index in [1.165, 1.54) is 6.92 Å². The Hall–Kier alpha value is -1.68. The van der Waals surface area contributed by atoms with Gasteiger partial charge in [0.2, 0.25) is 6.29 Å². The summed E-state index contributed by atoms with van der Waals surface area (Å²) in [6, 6.07) is 0. The fraction of sp³-hybridized carbons (Fsp3) is 0.500. The minimum absolute atomic E-state index is 0.543. The molecule has 0 aliphatic carbocycles. The molecule has 2 heterocycles. The molecular weight excluding hydrogens is 327 g/mol. The summed E-state index contributed by atoms with van der Waals surface area (Å²) in [6.07, 6.45) is -4.26. The number of nitrogens with two attached hydrogens (primary N) is 1. The fourth-order valence-electron chi connectivity index (χ4n) is 1.89. The van der Waals surface area contributed by atoms with E-state index in [1.54, 1.807) is 0 Å². The van der Waals surface area contributed by atoms with Crippen molar-refractivity contribution in [2.45, 2.75) is 25.6 Å². The number of hydrogen-bond acceptors (Lipinski definition) is 8. The van der Waals surface area contributed by atoms with E-state index in [2.05, 4.69) is 9.72 Å². The topological polar surface area (TPSA) is 137 Å². The van der Waals surface area contributed by atoms with E-state index in [0.29, 0.717) is 10.8 Å². The van der Waals surface area contributed by atoms with Gasteiger partial charge in [0.05, 0.1) is 12.1 Å². The highest BCUT2D eigenvalue weighted by atomic mass is 31.2. The first kappa shape index (κ1) is 16.7. The third-order valence-electron chi connectivity index (χ3n) is 3.07. The first-order valence-corrected chi connectivity index (χ1v) is 7.19. The van der Waals surface area contributed by atoms with Gasteiger partial charge in [-0.15, -0.1) is 0 Å². The van der Waals surface area contributed by atoms with Gasteiger partial charge in [0, 0.05) is 0 Å². The number of rotatable bonds is 3. The summed E-state index contributed by atoms with van der Waals surface area (Å²) in [6.45, 7) is 1.31. The molecule has 0 bridgehead atoms. The van der Waals surface area contributed by atoms with Crippen LogP contribution in [0.15, 0.2) is 11.0 Å². The summed E-state index contributed by atoms with van der Waals surface area (Å²) >= 11 is 0. The molecule has 0 spiro atoms. The third kappa shape index (κ3) is 3.07. The number of carbonyl (C=O) groups excluding carboxylic acids is 1. The zero-order valence-corrected chi connectivity index (χ0v) is 12.0. The molecule has 2 rings (SSSR count). The molecule has 12 heteroatoms. The van der Waals surface area contributed by atoms with Crippen LogP contribution in [0.3, 0.4) is 0 Å². The Morgan fingerprint density at radius 2 is 2.23 bits per heavy atom. The summed E-state index contributed by atoms with van der Waals surface area (Å²) in [4.78, 5) is 43.3.